The van der Waals surface area contributed by atoms with Crippen LogP contribution < -0.4 is 9.47 Å². The summed E-state index contributed by atoms with van der Waals surface area (Å²) in [6, 6.07) is 5.95. The molecule has 0 fully saturated rings. The van der Waals surface area contributed by atoms with E-state index in [0.717, 1.165) is 23.6 Å². The van der Waals surface area contributed by atoms with Gasteiger partial charge in [-0.05, 0) is 31.7 Å². The highest BCUT2D eigenvalue weighted by Crippen LogP contribution is 2.32. The fourth-order valence-corrected chi connectivity index (χ4v) is 1.92. The predicted octanol–water partition coefficient (Wildman–Crippen LogP) is 1.06. The first-order valence-electron chi connectivity index (χ1n) is 5.88. The largest absolute Gasteiger partial charge is 0.486 e. The zero-order chi connectivity index (χ0) is 12.3. The molecule has 4 heteroatoms. The molecule has 1 aromatic rings. The van der Waals surface area contributed by atoms with Crippen LogP contribution in [-0.2, 0) is 0 Å². The van der Waals surface area contributed by atoms with Crippen molar-refractivity contribution < 1.29 is 14.6 Å². The van der Waals surface area contributed by atoms with Crippen molar-refractivity contribution in [3.8, 4) is 11.5 Å². The predicted molar refractivity (Wildman–Crippen MR) is 65.7 cm³/mol. The quantitative estimate of drug-likeness (QED) is 0.850. The molecule has 1 N–H and O–H groups in total. The number of aliphatic hydroxyl groups excluding tert-OH is 1. The van der Waals surface area contributed by atoms with Gasteiger partial charge in [0.15, 0.2) is 11.5 Å². The third kappa shape index (κ3) is 3.11. The number of benzene rings is 1. The minimum atomic E-state index is 0.0286. The molecule has 0 radical (unpaired) electrons. The van der Waals surface area contributed by atoms with E-state index < -0.39 is 0 Å². The van der Waals surface area contributed by atoms with E-state index in [-0.39, 0.29) is 12.7 Å². The summed E-state index contributed by atoms with van der Waals surface area (Å²) < 4.78 is 11.5. The van der Waals surface area contributed by atoms with Crippen molar-refractivity contribution in [2.45, 2.75) is 13.0 Å². The molecule has 0 saturated heterocycles. The van der Waals surface area contributed by atoms with Gasteiger partial charge in [-0.3, -0.25) is 0 Å². The summed E-state index contributed by atoms with van der Waals surface area (Å²) in [5.41, 5.74) is 1.16. The molecule has 1 aliphatic heterocycles. The molecule has 17 heavy (non-hydrogen) atoms. The Labute approximate surface area is 102 Å². The lowest BCUT2D eigenvalue weighted by Crippen LogP contribution is -2.40. The van der Waals surface area contributed by atoms with Crippen LogP contribution in [0.3, 0.4) is 0 Å². The fraction of sp³-hybridized carbons (Fsp3) is 0.538. The van der Waals surface area contributed by atoms with E-state index in [0.29, 0.717) is 13.2 Å². The van der Waals surface area contributed by atoms with Crippen LogP contribution in [0.4, 0.5) is 0 Å². The summed E-state index contributed by atoms with van der Waals surface area (Å²) >= 11 is 0. The van der Waals surface area contributed by atoms with Gasteiger partial charge in [0.2, 0.25) is 0 Å². The molecule has 0 spiro atoms. The van der Waals surface area contributed by atoms with E-state index in [1.54, 1.807) is 0 Å². The lowest BCUT2D eigenvalue weighted by atomic mass is 10.2. The molecule has 1 aliphatic rings. The van der Waals surface area contributed by atoms with E-state index in [2.05, 4.69) is 0 Å². The second-order valence-electron chi connectivity index (χ2n) is 4.49. The number of nitrogens with zero attached hydrogens (tertiary/aromatic N) is 1. The number of likely N-dealkylation sites (N-methyl/N-ethyl adjacent to an activating group) is 1. The summed E-state index contributed by atoms with van der Waals surface area (Å²) in [5, 5.41) is 8.85. The number of hydrogen-bond acceptors (Lipinski definition) is 4. The van der Waals surface area contributed by atoms with Crippen LogP contribution in [0.1, 0.15) is 5.56 Å². The van der Waals surface area contributed by atoms with Crippen LogP contribution >= 0.6 is 0 Å². The Bertz CT molecular complexity index is 381. The molecule has 94 valence electrons. The third-order valence-electron chi connectivity index (χ3n) is 2.81. The number of fused-ring (bicyclic) bond motifs is 1. The lowest BCUT2D eigenvalue weighted by molar-refractivity contribution is 0.0612. The SMILES string of the molecule is Cc1ccc2c(c1)OC(CN(C)CCO)CO2. The Hall–Kier alpha value is -1.26. The summed E-state index contributed by atoms with van der Waals surface area (Å²) in [6.45, 7) is 4.17. The van der Waals surface area contributed by atoms with Crippen LogP contribution in [0.25, 0.3) is 0 Å². The Morgan fingerprint density at radius 2 is 2.24 bits per heavy atom. The average Bonchev–Trinajstić information content (AvgIpc) is 2.28. The third-order valence-corrected chi connectivity index (χ3v) is 2.81. The molecule has 4 nitrogen and oxygen atoms in total. The molecule has 1 unspecified atom stereocenters. The maximum atomic E-state index is 8.85. The molecule has 2 rings (SSSR count). The minimum absolute atomic E-state index is 0.0286. The van der Waals surface area contributed by atoms with Crippen molar-refractivity contribution in [1.29, 1.82) is 0 Å². The molecule has 1 atom stereocenters. The van der Waals surface area contributed by atoms with Crippen molar-refractivity contribution in [1.82, 2.24) is 4.90 Å². The normalized spacial score (nSPS) is 18.5. The number of ether oxygens (including phenoxy) is 2. The Balaban J connectivity index is 1.98. The first kappa shape index (κ1) is 12.2. The van der Waals surface area contributed by atoms with Gasteiger partial charge in [-0.2, -0.15) is 0 Å². The lowest BCUT2D eigenvalue weighted by Gasteiger charge is -2.29. The van der Waals surface area contributed by atoms with Gasteiger partial charge in [-0.15, -0.1) is 0 Å². The van der Waals surface area contributed by atoms with Gasteiger partial charge in [-0.1, -0.05) is 6.07 Å². The van der Waals surface area contributed by atoms with E-state index >= 15 is 0 Å². The van der Waals surface area contributed by atoms with Gasteiger partial charge < -0.3 is 19.5 Å². The first-order chi connectivity index (χ1) is 8.19. The minimum Gasteiger partial charge on any atom is -0.486 e. The fourth-order valence-electron chi connectivity index (χ4n) is 1.92. The van der Waals surface area contributed by atoms with Crippen molar-refractivity contribution in [3.63, 3.8) is 0 Å². The molecule has 0 amide bonds. The zero-order valence-electron chi connectivity index (χ0n) is 10.3. The van der Waals surface area contributed by atoms with Gasteiger partial charge in [0, 0.05) is 13.1 Å². The standard InChI is InChI=1S/C13H19NO3/c1-10-3-4-12-13(7-10)17-11(9-16-12)8-14(2)5-6-15/h3-4,7,11,15H,5-6,8-9H2,1-2H3. The molecule has 1 heterocycles. The van der Waals surface area contributed by atoms with E-state index in [9.17, 15) is 0 Å². The summed E-state index contributed by atoms with van der Waals surface area (Å²) in [6.07, 6.45) is 0.0286. The number of rotatable bonds is 4. The van der Waals surface area contributed by atoms with Crippen molar-refractivity contribution >= 4 is 0 Å². The van der Waals surface area contributed by atoms with Crippen molar-refractivity contribution in [3.05, 3.63) is 23.8 Å². The number of hydrogen-bond donors (Lipinski definition) is 1. The van der Waals surface area contributed by atoms with E-state index in [1.165, 1.54) is 0 Å². The first-order valence-corrected chi connectivity index (χ1v) is 5.88. The average molecular weight is 237 g/mol. The monoisotopic (exact) mass is 237 g/mol. The molecule has 0 aliphatic carbocycles. The highest BCUT2D eigenvalue weighted by molar-refractivity contribution is 5.43. The van der Waals surface area contributed by atoms with Crippen LogP contribution in [0.2, 0.25) is 0 Å². The Morgan fingerprint density at radius 1 is 1.41 bits per heavy atom. The zero-order valence-corrected chi connectivity index (χ0v) is 10.3. The van der Waals surface area contributed by atoms with E-state index in [1.807, 2.05) is 37.1 Å². The molecule has 0 bridgehead atoms. The van der Waals surface area contributed by atoms with Crippen molar-refractivity contribution in [2.75, 3.05) is 33.4 Å². The van der Waals surface area contributed by atoms with Crippen LogP contribution in [-0.4, -0.2) is 49.5 Å². The summed E-state index contributed by atoms with van der Waals surface area (Å²) in [4.78, 5) is 2.04. The van der Waals surface area contributed by atoms with Crippen LogP contribution in [0.15, 0.2) is 18.2 Å². The number of aliphatic hydroxyl groups is 1. The Morgan fingerprint density at radius 3 is 3.00 bits per heavy atom. The van der Waals surface area contributed by atoms with Crippen LogP contribution in [0.5, 0.6) is 11.5 Å². The smallest absolute Gasteiger partial charge is 0.162 e. The molecule has 0 aromatic heterocycles. The Kier molecular flexibility index (Phi) is 3.86. The molecule has 1 aromatic carbocycles. The van der Waals surface area contributed by atoms with Crippen molar-refractivity contribution in [2.24, 2.45) is 0 Å². The highest BCUT2D eigenvalue weighted by Gasteiger charge is 2.21. The maximum Gasteiger partial charge on any atom is 0.162 e. The molecular formula is C13H19NO3. The topological polar surface area (TPSA) is 41.9 Å². The van der Waals surface area contributed by atoms with Gasteiger partial charge in [-0.25, -0.2) is 0 Å². The summed E-state index contributed by atoms with van der Waals surface area (Å²) in [7, 11) is 1.96. The molecule has 0 saturated carbocycles. The van der Waals surface area contributed by atoms with Gasteiger partial charge >= 0.3 is 0 Å². The second kappa shape index (κ2) is 5.38. The van der Waals surface area contributed by atoms with Gasteiger partial charge in [0.25, 0.3) is 0 Å². The number of aryl methyl sites for hydroxylation is 1. The molecular weight excluding hydrogens is 218 g/mol. The second-order valence-corrected chi connectivity index (χ2v) is 4.49. The van der Waals surface area contributed by atoms with E-state index in [4.69, 9.17) is 14.6 Å². The maximum absolute atomic E-state index is 8.85. The highest BCUT2D eigenvalue weighted by atomic mass is 16.6. The van der Waals surface area contributed by atoms with Crippen LogP contribution in [0, 0.1) is 6.92 Å². The van der Waals surface area contributed by atoms with Gasteiger partial charge in [0.05, 0.1) is 6.61 Å². The summed E-state index contributed by atoms with van der Waals surface area (Å²) in [5.74, 6) is 1.63. The van der Waals surface area contributed by atoms with Gasteiger partial charge in [0.1, 0.15) is 12.7 Å².